The second-order valence-corrected chi connectivity index (χ2v) is 10.1. The third kappa shape index (κ3) is 21.5. The molecule has 202 valence electrons. The van der Waals surface area contributed by atoms with E-state index in [1.807, 2.05) is 0 Å². The Morgan fingerprint density at radius 1 is 0.559 bits per heavy atom. The summed E-state index contributed by atoms with van der Waals surface area (Å²) >= 11 is 0. The highest BCUT2D eigenvalue weighted by molar-refractivity contribution is 5.69. The van der Waals surface area contributed by atoms with Crippen molar-refractivity contribution in [2.24, 2.45) is 5.92 Å². The van der Waals surface area contributed by atoms with Gasteiger partial charge in [0.15, 0.2) is 0 Å². The van der Waals surface area contributed by atoms with Gasteiger partial charge in [-0.2, -0.15) is 0 Å². The molecule has 4 nitrogen and oxygen atoms in total. The summed E-state index contributed by atoms with van der Waals surface area (Å²) in [5.74, 6) is 0.681. The van der Waals surface area contributed by atoms with Crippen molar-refractivity contribution in [3.63, 3.8) is 0 Å². The van der Waals surface area contributed by atoms with Crippen LogP contribution in [-0.4, -0.2) is 24.6 Å². The van der Waals surface area contributed by atoms with Gasteiger partial charge in [0.05, 0.1) is 6.61 Å². The zero-order chi connectivity index (χ0) is 25.3. The Morgan fingerprint density at radius 2 is 1.06 bits per heavy atom. The molecule has 0 heterocycles. The van der Waals surface area contributed by atoms with Crippen LogP contribution < -0.4 is 0 Å². The quantitative estimate of drug-likeness (QED) is 0.0960. The van der Waals surface area contributed by atoms with Crippen LogP contribution in [0.1, 0.15) is 163 Å². The summed E-state index contributed by atoms with van der Waals surface area (Å²) in [7, 11) is 0. The average Bonchev–Trinajstić information content (AvgIpc) is 2.84. The Labute approximate surface area is 212 Å². The molecule has 4 heteroatoms. The molecule has 0 aliphatic heterocycles. The lowest BCUT2D eigenvalue weighted by Gasteiger charge is -2.19. The summed E-state index contributed by atoms with van der Waals surface area (Å²) in [6, 6.07) is 0. The minimum Gasteiger partial charge on any atom is -0.466 e. The zero-order valence-electron chi connectivity index (χ0n) is 23.3. The maximum atomic E-state index is 12.1. The first-order valence-electron chi connectivity index (χ1n) is 14.9. The number of rotatable bonds is 25. The normalized spacial score (nSPS) is 12.1. The van der Waals surface area contributed by atoms with Crippen molar-refractivity contribution in [2.45, 2.75) is 169 Å². The standard InChI is InChI=1S/C30H58O4/c1-5-9-10-11-12-15-18-21-26-33-29(31)22-19-16-13-14-17-20-23-30(32)34-28(8-4)25-24-27(6-2)7-3/h27-28H,5-26H2,1-4H3. The van der Waals surface area contributed by atoms with Gasteiger partial charge in [-0.1, -0.05) is 111 Å². The molecule has 0 bridgehead atoms. The largest absolute Gasteiger partial charge is 0.466 e. The fourth-order valence-electron chi connectivity index (χ4n) is 4.45. The van der Waals surface area contributed by atoms with Gasteiger partial charge in [0.1, 0.15) is 6.10 Å². The molecule has 0 spiro atoms. The topological polar surface area (TPSA) is 52.6 Å². The van der Waals surface area contributed by atoms with Crippen molar-refractivity contribution in [3.05, 3.63) is 0 Å². The van der Waals surface area contributed by atoms with Crippen LogP contribution in [-0.2, 0) is 19.1 Å². The number of esters is 2. The highest BCUT2D eigenvalue weighted by Gasteiger charge is 2.14. The summed E-state index contributed by atoms with van der Waals surface area (Å²) in [6.07, 6.45) is 22.9. The summed E-state index contributed by atoms with van der Waals surface area (Å²) < 4.78 is 11.0. The van der Waals surface area contributed by atoms with E-state index in [1.54, 1.807) is 0 Å². The molecule has 0 fully saturated rings. The molecule has 0 rings (SSSR count). The summed E-state index contributed by atoms with van der Waals surface area (Å²) in [6.45, 7) is 9.42. The van der Waals surface area contributed by atoms with Crippen molar-refractivity contribution >= 4 is 11.9 Å². The third-order valence-electron chi connectivity index (χ3n) is 7.08. The number of unbranched alkanes of at least 4 members (excludes halogenated alkanes) is 12. The van der Waals surface area contributed by atoms with Gasteiger partial charge in [-0.15, -0.1) is 0 Å². The van der Waals surface area contributed by atoms with Crippen LogP contribution >= 0.6 is 0 Å². The molecule has 0 aliphatic rings. The van der Waals surface area contributed by atoms with E-state index in [0.717, 1.165) is 70.1 Å². The maximum absolute atomic E-state index is 12.1. The first-order chi connectivity index (χ1) is 16.6. The smallest absolute Gasteiger partial charge is 0.306 e. The highest BCUT2D eigenvalue weighted by atomic mass is 16.5. The SMILES string of the molecule is CCCCCCCCCCOC(=O)CCCCCCCCC(=O)OC(CC)CCC(CC)CC. The number of carbonyl (C=O) groups is 2. The maximum Gasteiger partial charge on any atom is 0.306 e. The van der Waals surface area contributed by atoms with E-state index in [2.05, 4.69) is 27.7 Å². The Morgan fingerprint density at radius 3 is 1.59 bits per heavy atom. The molecular weight excluding hydrogens is 424 g/mol. The van der Waals surface area contributed by atoms with E-state index in [-0.39, 0.29) is 18.0 Å². The molecule has 34 heavy (non-hydrogen) atoms. The number of hydrogen-bond donors (Lipinski definition) is 0. The molecule has 0 N–H and O–H groups in total. The molecule has 0 saturated carbocycles. The molecule has 0 aromatic carbocycles. The molecule has 0 saturated heterocycles. The Kier molecular flexibility index (Phi) is 24.3. The molecular formula is C30H58O4. The summed E-state index contributed by atoms with van der Waals surface area (Å²) in [4.78, 5) is 23.9. The Bertz CT molecular complexity index is 459. The molecule has 1 atom stereocenters. The number of hydrogen-bond acceptors (Lipinski definition) is 4. The predicted molar refractivity (Wildman–Crippen MR) is 144 cm³/mol. The first kappa shape index (κ1) is 32.9. The molecule has 0 aromatic heterocycles. The Hall–Kier alpha value is -1.06. The van der Waals surface area contributed by atoms with Crippen LogP contribution in [0.25, 0.3) is 0 Å². The average molecular weight is 483 g/mol. The molecule has 0 aromatic rings. The van der Waals surface area contributed by atoms with Crippen molar-refractivity contribution in [2.75, 3.05) is 6.61 Å². The van der Waals surface area contributed by atoms with Crippen molar-refractivity contribution in [1.29, 1.82) is 0 Å². The zero-order valence-corrected chi connectivity index (χ0v) is 23.3. The van der Waals surface area contributed by atoms with Crippen LogP contribution in [0.5, 0.6) is 0 Å². The van der Waals surface area contributed by atoms with Crippen LogP contribution in [0.2, 0.25) is 0 Å². The lowest BCUT2D eigenvalue weighted by atomic mass is 9.95. The van der Waals surface area contributed by atoms with E-state index in [4.69, 9.17) is 9.47 Å². The van der Waals surface area contributed by atoms with E-state index >= 15 is 0 Å². The predicted octanol–water partition coefficient (Wildman–Crippen LogP) is 9.33. The van der Waals surface area contributed by atoms with Gasteiger partial charge >= 0.3 is 11.9 Å². The fraction of sp³-hybridized carbons (Fsp3) is 0.933. The fourth-order valence-corrected chi connectivity index (χ4v) is 4.45. The van der Waals surface area contributed by atoms with Crippen LogP contribution in [0.3, 0.4) is 0 Å². The summed E-state index contributed by atoms with van der Waals surface area (Å²) in [5.41, 5.74) is 0. The van der Waals surface area contributed by atoms with E-state index < -0.39 is 0 Å². The van der Waals surface area contributed by atoms with Crippen molar-refractivity contribution in [3.8, 4) is 0 Å². The van der Waals surface area contributed by atoms with Crippen LogP contribution in [0.4, 0.5) is 0 Å². The number of ether oxygens (including phenoxy) is 2. The minimum absolute atomic E-state index is 0.0318. The van der Waals surface area contributed by atoms with Crippen LogP contribution in [0.15, 0.2) is 0 Å². The molecule has 0 aliphatic carbocycles. The van der Waals surface area contributed by atoms with E-state index in [9.17, 15) is 9.59 Å². The van der Waals surface area contributed by atoms with Gasteiger partial charge in [-0.25, -0.2) is 0 Å². The Balaban J connectivity index is 3.51. The van der Waals surface area contributed by atoms with Gasteiger partial charge in [0.2, 0.25) is 0 Å². The first-order valence-corrected chi connectivity index (χ1v) is 14.9. The monoisotopic (exact) mass is 482 g/mol. The highest BCUT2D eigenvalue weighted by Crippen LogP contribution is 2.19. The molecule has 0 amide bonds. The van der Waals surface area contributed by atoms with Gasteiger partial charge in [-0.3, -0.25) is 9.59 Å². The van der Waals surface area contributed by atoms with Crippen molar-refractivity contribution < 1.29 is 19.1 Å². The summed E-state index contributed by atoms with van der Waals surface area (Å²) in [5, 5.41) is 0. The molecule has 0 radical (unpaired) electrons. The number of carbonyl (C=O) groups excluding carboxylic acids is 2. The van der Waals surface area contributed by atoms with Gasteiger partial charge in [0.25, 0.3) is 0 Å². The van der Waals surface area contributed by atoms with E-state index in [1.165, 1.54) is 57.8 Å². The minimum atomic E-state index is -0.0413. The van der Waals surface area contributed by atoms with Crippen LogP contribution in [0, 0.1) is 5.92 Å². The second-order valence-electron chi connectivity index (χ2n) is 10.1. The lowest BCUT2D eigenvalue weighted by molar-refractivity contribution is -0.150. The van der Waals surface area contributed by atoms with Gasteiger partial charge in [0, 0.05) is 12.8 Å². The second kappa shape index (κ2) is 25.0. The van der Waals surface area contributed by atoms with Gasteiger partial charge < -0.3 is 9.47 Å². The van der Waals surface area contributed by atoms with Gasteiger partial charge in [-0.05, 0) is 44.4 Å². The van der Waals surface area contributed by atoms with E-state index in [0.29, 0.717) is 19.4 Å². The van der Waals surface area contributed by atoms with Crippen molar-refractivity contribution in [1.82, 2.24) is 0 Å². The molecule has 1 unspecified atom stereocenters. The lowest BCUT2D eigenvalue weighted by Crippen LogP contribution is -2.18. The third-order valence-corrected chi connectivity index (χ3v) is 7.08.